The molecule has 0 aliphatic carbocycles. The van der Waals surface area contributed by atoms with Crippen LogP contribution in [0, 0.1) is 12.3 Å². The lowest BCUT2D eigenvalue weighted by Crippen LogP contribution is -2.38. The van der Waals surface area contributed by atoms with Gasteiger partial charge in [-0.3, -0.25) is 4.79 Å². The fourth-order valence-electron chi connectivity index (χ4n) is 1.69. The Labute approximate surface area is 173 Å². The molecule has 2 N–H and O–H groups in total. The molecule has 0 fully saturated rings. The molecule has 0 aromatic carbocycles. The van der Waals surface area contributed by atoms with Crippen LogP contribution in [0.25, 0.3) is 0 Å². The van der Waals surface area contributed by atoms with Crippen molar-refractivity contribution >= 4 is 29.8 Å². The van der Waals surface area contributed by atoms with Gasteiger partial charge in [0.05, 0.1) is 0 Å². The highest BCUT2D eigenvalue weighted by molar-refractivity contribution is 5.92. The Balaban J connectivity index is 2.54. The van der Waals surface area contributed by atoms with Crippen molar-refractivity contribution < 1.29 is 57.2 Å². The Hall–Kier alpha value is -4.16. The van der Waals surface area contributed by atoms with Crippen molar-refractivity contribution in [2.75, 3.05) is 13.2 Å². The van der Waals surface area contributed by atoms with Gasteiger partial charge in [-0.2, -0.15) is 0 Å². The molecule has 0 spiro atoms. The number of hydrogen-bond acceptors (Lipinski definition) is 11. The van der Waals surface area contributed by atoms with Crippen molar-refractivity contribution in [1.29, 1.82) is 0 Å². The van der Waals surface area contributed by atoms with E-state index < -0.39 is 60.9 Å². The first-order valence-corrected chi connectivity index (χ1v) is 8.35. The zero-order valence-corrected chi connectivity index (χ0v) is 16.3. The molecule has 31 heavy (non-hydrogen) atoms. The third kappa shape index (κ3) is 8.81. The van der Waals surface area contributed by atoms with Crippen LogP contribution < -0.4 is 5.82 Å². The van der Waals surface area contributed by atoms with Crippen LogP contribution in [-0.4, -0.2) is 53.3 Å². The van der Waals surface area contributed by atoms with Gasteiger partial charge in [0.2, 0.25) is 0 Å². The SMILES string of the molecule is Cc1oc(=O)oc1COC(=O)/C=C/C(=O)OCC(C)(COC(=O)/C=C/C(=O)O)C(=O)O. The smallest absolute Gasteiger partial charge is 0.481 e. The molecule has 13 nitrogen and oxygen atoms in total. The lowest BCUT2D eigenvalue weighted by molar-refractivity contribution is -0.163. The zero-order valence-electron chi connectivity index (χ0n) is 16.3. The highest BCUT2D eigenvalue weighted by Gasteiger charge is 2.36. The van der Waals surface area contributed by atoms with E-state index in [9.17, 15) is 33.9 Å². The van der Waals surface area contributed by atoms with Crippen LogP contribution in [0.15, 0.2) is 37.9 Å². The third-order valence-corrected chi connectivity index (χ3v) is 3.48. The summed E-state index contributed by atoms with van der Waals surface area (Å²) >= 11 is 0. The number of hydrogen-bond donors (Lipinski definition) is 2. The Morgan fingerprint density at radius 1 is 0.871 bits per heavy atom. The number of aliphatic carboxylic acids is 2. The molecule has 1 rings (SSSR count). The topological polar surface area (TPSA) is 197 Å². The normalized spacial score (nSPS) is 13.0. The predicted octanol–water partition coefficient (Wildman–Crippen LogP) is -0.0413. The number of carboxylic acid groups (broad SMARTS) is 2. The molecule has 1 heterocycles. The minimum atomic E-state index is -1.84. The van der Waals surface area contributed by atoms with Crippen LogP contribution in [0.4, 0.5) is 0 Å². The number of carboxylic acids is 2. The van der Waals surface area contributed by atoms with Crippen molar-refractivity contribution in [2.24, 2.45) is 5.41 Å². The third-order valence-electron chi connectivity index (χ3n) is 3.48. The van der Waals surface area contributed by atoms with Crippen LogP contribution in [-0.2, 0) is 44.8 Å². The lowest BCUT2D eigenvalue weighted by atomic mass is 9.93. The quantitative estimate of drug-likeness (QED) is 0.263. The van der Waals surface area contributed by atoms with Crippen LogP contribution >= 0.6 is 0 Å². The Morgan fingerprint density at radius 2 is 1.35 bits per heavy atom. The minimum absolute atomic E-state index is 0.0145. The van der Waals surface area contributed by atoms with E-state index in [1.54, 1.807) is 0 Å². The highest BCUT2D eigenvalue weighted by atomic mass is 16.6. The highest BCUT2D eigenvalue weighted by Crippen LogP contribution is 2.18. The number of rotatable bonds is 11. The molecule has 0 aliphatic rings. The van der Waals surface area contributed by atoms with E-state index in [-0.39, 0.29) is 11.5 Å². The fraction of sp³-hybridized carbons (Fsp3) is 0.333. The van der Waals surface area contributed by atoms with Crippen LogP contribution in [0.2, 0.25) is 0 Å². The van der Waals surface area contributed by atoms with Gasteiger partial charge in [0.25, 0.3) is 0 Å². The molecule has 0 saturated heterocycles. The second-order valence-electron chi connectivity index (χ2n) is 6.13. The molecule has 1 aromatic rings. The summed E-state index contributed by atoms with van der Waals surface area (Å²) in [5, 5.41) is 17.7. The average molecular weight is 442 g/mol. The maximum atomic E-state index is 11.7. The molecule has 1 unspecified atom stereocenters. The first kappa shape index (κ1) is 24.9. The minimum Gasteiger partial charge on any atom is -0.481 e. The second kappa shape index (κ2) is 11.1. The summed E-state index contributed by atoms with van der Waals surface area (Å²) in [6.45, 7) is 0.667. The van der Waals surface area contributed by atoms with Crippen molar-refractivity contribution in [3.63, 3.8) is 0 Å². The second-order valence-corrected chi connectivity index (χ2v) is 6.13. The Bertz CT molecular complexity index is 961. The lowest BCUT2D eigenvalue weighted by Gasteiger charge is -2.23. The average Bonchev–Trinajstić information content (AvgIpc) is 3.02. The Morgan fingerprint density at radius 3 is 1.77 bits per heavy atom. The molecule has 0 amide bonds. The van der Waals surface area contributed by atoms with Gasteiger partial charge in [0.15, 0.2) is 18.1 Å². The summed E-state index contributed by atoms with van der Waals surface area (Å²) in [6.07, 6.45) is 2.46. The van der Waals surface area contributed by atoms with Gasteiger partial charge in [0.1, 0.15) is 18.6 Å². The number of carbonyl (C=O) groups excluding carboxylic acids is 3. The van der Waals surface area contributed by atoms with E-state index in [1.807, 2.05) is 0 Å². The maximum absolute atomic E-state index is 11.7. The molecular weight excluding hydrogens is 424 g/mol. The molecule has 1 aromatic heterocycles. The fourth-order valence-corrected chi connectivity index (χ4v) is 1.69. The first-order valence-electron chi connectivity index (χ1n) is 8.35. The van der Waals surface area contributed by atoms with Gasteiger partial charge >= 0.3 is 35.7 Å². The van der Waals surface area contributed by atoms with Gasteiger partial charge in [-0.05, 0) is 13.8 Å². The van der Waals surface area contributed by atoms with E-state index >= 15 is 0 Å². The van der Waals surface area contributed by atoms with Gasteiger partial charge in [-0.15, -0.1) is 0 Å². The summed E-state index contributed by atoms with van der Waals surface area (Å²) in [5.41, 5.74) is -1.84. The molecule has 0 saturated carbocycles. The maximum Gasteiger partial charge on any atom is 0.519 e. The van der Waals surface area contributed by atoms with E-state index in [2.05, 4.69) is 13.6 Å². The van der Waals surface area contributed by atoms with E-state index in [4.69, 9.17) is 14.6 Å². The molecule has 0 radical (unpaired) electrons. The molecular formula is C18H18O13. The number of esters is 3. The van der Waals surface area contributed by atoms with Crippen LogP contribution in [0.1, 0.15) is 18.4 Å². The predicted molar refractivity (Wildman–Crippen MR) is 95.4 cm³/mol. The monoisotopic (exact) mass is 442 g/mol. The van der Waals surface area contributed by atoms with Crippen molar-refractivity contribution in [3.05, 3.63) is 46.4 Å². The van der Waals surface area contributed by atoms with Crippen molar-refractivity contribution in [1.82, 2.24) is 0 Å². The van der Waals surface area contributed by atoms with Crippen molar-refractivity contribution in [2.45, 2.75) is 20.5 Å². The summed E-state index contributed by atoms with van der Waals surface area (Å²) in [6, 6.07) is 0. The molecule has 1 atom stereocenters. The Kier molecular flexibility index (Phi) is 8.94. The zero-order chi connectivity index (χ0) is 23.6. The molecule has 0 aliphatic heterocycles. The van der Waals surface area contributed by atoms with Gasteiger partial charge < -0.3 is 33.3 Å². The molecule has 0 bridgehead atoms. The number of carbonyl (C=O) groups is 5. The summed E-state index contributed by atoms with van der Waals surface area (Å²) in [5.74, 6) is -6.90. The summed E-state index contributed by atoms with van der Waals surface area (Å²) in [7, 11) is 0. The van der Waals surface area contributed by atoms with E-state index in [0.29, 0.717) is 24.3 Å². The number of ether oxygens (including phenoxy) is 3. The molecule has 168 valence electrons. The van der Waals surface area contributed by atoms with E-state index in [1.165, 1.54) is 6.92 Å². The summed E-state index contributed by atoms with van der Waals surface area (Å²) < 4.78 is 23.3. The molecule has 13 heteroatoms. The van der Waals surface area contributed by atoms with E-state index in [0.717, 1.165) is 6.92 Å². The van der Waals surface area contributed by atoms with Gasteiger partial charge in [-0.25, -0.2) is 24.0 Å². The first-order chi connectivity index (χ1) is 14.4. The van der Waals surface area contributed by atoms with Crippen LogP contribution in [0.5, 0.6) is 0 Å². The standard InChI is InChI=1S/C18H18O13/c1-10-11(31-17(26)30-10)7-27-13(21)5-6-15(23)29-9-18(2,16(24)25)8-28-14(22)4-3-12(19)20/h3-6H,7-9H2,1-2H3,(H,19,20)(H,24,25)/b4-3+,6-5+. The van der Waals surface area contributed by atoms with Gasteiger partial charge in [-0.1, -0.05) is 0 Å². The number of aryl methyl sites for hydroxylation is 1. The van der Waals surface area contributed by atoms with Crippen molar-refractivity contribution in [3.8, 4) is 0 Å². The summed E-state index contributed by atoms with van der Waals surface area (Å²) in [4.78, 5) is 67.2. The van der Waals surface area contributed by atoms with Crippen LogP contribution in [0.3, 0.4) is 0 Å². The van der Waals surface area contributed by atoms with Gasteiger partial charge in [0, 0.05) is 24.3 Å². The largest absolute Gasteiger partial charge is 0.519 e.